The zero-order valence-corrected chi connectivity index (χ0v) is 12.3. The first-order chi connectivity index (χ1) is 9.42. The molecule has 0 saturated carbocycles. The van der Waals surface area contributed by atoms with Gasteiger partial charge in [-0.15, -0.1) is 5.10 Å². The highest BCUT2D eigenvalue weighted by Crippen LogP contribution is 2.23. The molecule has 0 aliphatic rings. The van der Waals surface area contributed by atoms with Crippen LogP contribution < -0.4 is 10.0 Å². The van der Waals surface area contributed by atoms with Crippen molar-refractivity contribution < 1.29 is 8.42 Å². The van der Waals surface area contributed by atoms with Crippen molar-refractivity contribution in [3.63, 3.8) is 0 Å². The molecule has 2 aromatic heterocycles. The fraction of sp³-hybridized carbons (Fsp3) is 0.333. The summed E-state index contributed by atoms with van der Waals surface area (Å²) >= 11 is 5.96. The van der Waals surface area contributed by atoms with E-state index in [0.29, 0.717) is 12.4 Å². The highest BCUT2D eigenvalue weighted by molar-refractivity contribution is 7.92. The van der Waals surface area contributed by atoms with Crippen molar-refractivity contribution >= 4 is 33.4 Å². The molecule has 2 rings (SSSR count). The second-order valence-electron chi connectivity index (χ2n) is 3.74. The van der Waals surface area contributed by atoms with Crippen molar-refractivity contribution in [1.82, 2.24) is 25.2 Å². The number of anilines is 2. The SMILES string of the molecule is CCNc1ncc(S(=O)(=O)Nc2nnn(C)n2)cc1Cl. The number of hydrogen-bond acceptors (Lipinski definition) is 7. The Labute approximate surface area is 120 Å². The van der Waals surface area contributed by atoms with Crippen LogP contribution in [0.5, 0.6) is 0 Å². The Kier molecular flexibility index (Phi) is 4.04. The van der Waals surface area contributed by atoms with Crippen molar-refractivity contribution in [3.05, 3.63) is 17.3 Å². The molecule has 0 aliphatic heterocycles. The van der Waals surface area contributed by atoms with Crippen LogP contribution in [0.3, 0.4) is 0 Å². The van der Waals surface area contributed by atoms with E-state index in [-0.39, 0.29) is 15.9 Å². The molecular weight excluding hydrogens is 306 g/mol. The van der Waals surface area contributed by atoms with Crippen LogP contribution in [0, 0.1) is 0 Å². The number of halogens is 1. The van der Waals surface area contributed by atoms with Crippen molar-refractivity contribution in [3.8, 4) is 0 Å². The maximum Gasteiger partial charge on any atom is 0.277 e. The predicted octanol–water partition coefficient (Wildman–Crippen LogP) is 0.491. The maximum absolute atomic E-state index is 12.1. The topological polar surface area (TPSA) is 115 Å². The van der Waals surface area contributed by atoms with Crippen LogP contribution in [0.4, 0.5) is 11.8 Å². The van der Waals surface area contributed by atoms with Gasteiger partial charge in [0.25, 0.3) is 16.0 Å². The Morgan fingerprint density at radius 1 is 1.45 bits per heavy atom. The second-order valence-corrected chi connectivity index (χ2v) is 5.83. The van der Waals surface area contributed by atoms with E-state index in [2.05, 4.69) is 30.4 Å². The Balaban J connectivity index is 2.27. The van der Waals surface area contributed by atoms with E-state index < -0.39 is 10.0 Å². The van der Waals surface area contributed by atoms with E-state index in [1.54, 1.807) is 0 Å². The molecular formula is C9H12ClN7O2S. The highest BCUT2D eigenvalue weighted by atomic mass is 35.5. The molecule has 0 radical (unpaired) electrons. The maximum atomic E-state index is 12.1. The molecule has 2 N–H and O–H groups in total. The number of tetrazole rings is 1. The van der Waals surface area contributed by atoms with Gasteiger partial charge in [0.15, 0.2) is 0 Å². The summed E-state index contributed by atoms with van der Waals surface area (Å²) in [6.45, 7) is 2.50. The largest absolute Gasteiger partial charge is 0.369 e. The molecule has 0 saturated heterocycles. The Morgan fingerprint density at radius 3 is 2.75 bits per heavy atom. The minimum Gasteiger partial charge on any atom is -0.369 e. The standard InChI is InChI=1S/C9H12ClN7O2S/c1-3-11-8-7(10)4-6(5-12-8)20(18,19)15-9-13-16-17(2)14-9/h4-5H,3H2,1-2H3,(H,11,12)(H,14,15). The summed E-state index contributed by atoms with van der Waals surface area (Å²) < 4.78 is 26.4. The van der Waals surface area contributed by atoms with Gasteiger partial charge in [-0.05, 0) is 18.2 Å². The van der Waals surface area contributed by atoms with E-state index in [4.69, 9.17) is 11.6 Å². The third-order valence-electron chi connectivity index (χ3n) is 2.20. The van der Waals surface area contributed by atoms with Gasteiger partial charge in [0.1, 0.15) is 10.7 Å². The van der Waals surface area contributed by atoms with Crippen LogP contribution in [-0.2, 0) is 17.1 Å². The first kappa shape index (κ1) is 14.5. The third-order valence-corrected chi connectivity index (χ3v) is 3.79. The average Bonchev–Trinajstić information content (AvgIpc) is 2.76. The van der Waals surface area contributed by atoms with E-state index in [9.17, 15) is 8.42 Å². The molecule has 2 aromatic rings. The number of pyridine rings is 1. The van der Waals surface area contributed by atoms with Gasteiger partial charge < -0.3 is 5.32 Å². The van der Waals surface area contributed by atoms with Crippen LogP contribution >= 0.6 is 11.6 Å². The van der Waals surface area contributed by atoms with Crippen molar-refractivity contribution in [2.75, 3.05) is 16.6 Å². The van der Waals surface area contributed by atoms with Crippen molar-refractivity contribution in [1.29, 1.82) is 0 Å². The highest BCUT2D eigenvalue weighted by Gasteiger charge is 2.18. The van der Waals surface area contributed by atoms with Gasteiger partial charge in [-0.1, -0.05) is 16.7 Å². The summed E-state index contributed by atoms with van der Waals surface area (Å²) in [5.41, 5.74) is 0. The first-order valence-electron chi connectivity index (χ1n) is 5.58. The summed E-state index contributed by atoms with van der Waals surface area (Å²) in [4.78, 5) is 5.01. The molecule has 0 amide bonds. The van der Waals surface area contributed by atoms with Gasteiger partial charge in [-0.25, -0.2) is 18.1 Å². The third kappa shape index (κ3) is 3.14. The van der Waals surface area contributed by atoms with Gasteiger partial charge in [-0.2, -0.15) is 4.80 Å². The summed E-state index contributed by atoms with van der Waals surface area (Å²) in [7, 11) is -2.34. The summed E-state index contributed by atoms with van der Waals surface area (Å²) in [5, 5.41) is 13.9. The average molecular weight is 318 g/mol. The number of nitrogens with one attached hydrogen (secondary N) is 2. The quantitative estimate of drug-likeness (QED) is 0.824. The number of aryl methyl sites for hydroxylation is 1. The summed E-state index contributed by atoms with van der Waals surface area (Å²) in [6.07, 6.45) is 1.20. The van der Waals surface area contributed by atoms with Gasteiger partial charge in [-0.3, -0.25) is 0 Å². The first-order valence-corrected chi connectivity index (χ1v) is 7.44. The normalized spacial score (nSPS) is 11.3. The van der Waals surface area contributed by atoms with E-state index in [0.717, 1.165) is 4.80 Å². The van der Waals surface area contributed by atoms with Gasteiger partial charge in [0.2, 0.25) is 0 Å². The van der Waals surface area contributed by atoms with Crippen LogP contribution in [0.2, 0.25) is 5.02 Å². The molecule has 108 valence electrons. The van der Waals surface area contributed by atoms with Crippen LogP contribution in [0.1, 0.15) is 6.92 Å². The Morgan fingerprint density at radius 2 is 2.20 bits per heavy atom. The molecule has 0 aromatic carbocycles. The molecule has 0 fully saturated rings. The number of nitrogens with zero attached hydrogens (tertiary/aromatic N) is 5. The van der Waals surface area contributed by atoms with Gasteiger partial charge >= 0.3 is 0 Å². The predicted molar refractivity (Wildman–Crippen MR) is 73.0 cm³/mol. The number of aromatic nitrogens is 5. The smallest absolute Gasteiger partial charge is 0.277 e. The van der Waals surface area contributed by atoms with E-state index in [1.165, 1.54) is 19.3 Å². The summed E-state index contributed by atoms with van der Waals surface area (Å²) in [6, 6.07) is 1.30. The molecule has 0 aliphatic carbocycles. The minimum absolute atomic E-state index is 0.0865. The second kappa shape index (κ2) is 5.59. The molecule has 0 bridgehead atoms. The molecule has 20 heavy (non-hydrogen) atoms. The van der Waals surface area contributed by atoms with Crippen LogP contribution in [0.25, 0.3) is 0 Å². The number of hydrogen-bond donors (Lipinski definition) is 2. The van der Waals surface area contributed by atoms with Gasteiger partial charge in [0, 0.05) is 12.7 Å². The molecule has 0 spiro atoms. The Hall–Kier alpha value is -1.94. The molecule has 11 heteroatoms. The van der Waals surface area contributed by atoms with Crippen LogP contribution in [0.15, 0.2) is 17.2 Å². The van der Waals surface area contributed by atoms with Gasteiger partial charge in [0.05, 0.1) is 12.1 Å². The molecule has 0 atom stereocenters. The van der Waals surface area contributed by atoms with Crippen molar-refractivity contribution in [2.24, 2.45) is 7.05 Å². The fourth-order valence-corrected chi connectivity index (χ4v) is 2.57. The lowest BCUT2D eigenvalue weighted by Gasteiger charge is -2.07. The zero-order valence-electron chi connectivity index (χ0n) is 10.7. The zero-order chi connectivity index (χ0) is 14.8. The number of sulfonamides is 1. The molecule has 9 nitrogen and oxygen atoms in total. The monoisotopic (exact) mass is 317 g/mol. The van der Waals surface area contributed by atoms with Crippen molar-refractivity contribution in [2.45, 2.75) is 11.8 Å². The molecule has 0 unspecified atom stereocenters. The lowest BCUT2D eigenvalue weighted by atomic mass is 10.4. The molecule has 2 heterocycles. The minimum atomic E-state index is -3.86. The van der Waals surface area contributed by atoms with E-state index >= 15 is 0 Å². The Bertz CT molecular complexity index is 715. The lowest BCUT2D eigenvalue weighted by molar-refractivity contribution is 0.600. The fourth-order valence-electron chi connectivity index (χ4n) is 1.37. The summed E-state index contributed by atoms with van der Waals surface area (Å²) in [5.74, 6) is 0.296. The van der Waals surface area contributed by atoms with E-state index in [1.807, 2.05) is 6.92 Å². The lowest BCUT2D eigenvalue weighted by Crippen LogP contribution is -2.15. The van der Waals surface area contributed by atoms with Crippen LogP contribution in [-0.4, -0.2) is 40.2 Å². The number of rotatable bonds is 5.